The Hall–Kier alpha value is -1.18. The largest absolute Gasteiger partial charge is 0.481 e. The van der Waals surface area contributed by atoms with E-state index < -0.39 is 0 Å². The van der Waals surface area contributed by atoms with E-state index in [0.717, 1.165) is 9.35 Å². The maximum absolute atomic E-state index is 5.86. The summed E-state index contributed by atoms with van der Waals surface area (Å²) >= 11 is 4.78. The smallest absolute Gasteiger partial charge is 0.192 e. The van der Waals surface area contributed by atoms with E-state index in [2.05, 4.69) is 30.8 Å². The molecule has 18 heavy (non-hydrogen) atoms. The summed E-state index contributed by atoms with van der Waals surface area (Å²) in [6.07, 6.45) is 3.34. The van der Waals surface area contributed by atoms with Crippen molar-refractivity contribution in [2.45, 2.75) is 13.0 Å². The molecule has 0 aliphatic rings. The molecule has 0 aliphatic carbocycles. The third-order valence-corrected chi connectivity index (χ3v) is 3.52. The molecule has 2 aromatic rings. The summed E-state index contributed by atoms with van der Waals surface area (Å²) in [7, 11) is 1.53. The van der Waals surface area contributed by atoms with Crippen molar-refractivity contribution in [3.05, 3.63) is 33.9 Å². The topological polar surface area (TPSA) is 56.3 Å². The lowest BCUT2D eigenvalue weighted by Crippen LogP contribution is -2.06. The second kappa shape index (κ2) is 6.12. The molecule has 0 spiro atoms. The van der Waals surface area contributed by atoms with E-state index in [1.165, 1.54) is 18.6 Å². The first-order valence-corrected chi connectivity index (χ1v) is 6.79. The van der Waals surface area contributed by atoms with Crippen LogP contribution in [0.4, 0.5) is 5.82 Å². The first kappa shape index (κ1) is 13.3. The molecule has 0 saturated heterocycles. The summed E-state index contributed by atoms with van der Waals surface area (Å²) < 4.78 is 10.8. The number of nitrogens with zero attached hydrogens (tertiary/aromatic N) is 2. The number of halogens is 1. The molecule has 0 bridgehead atoms. The van der Waals surface area contributed by atoms with Crippen molar-refractivity contribution in [2.75, 3.05) is 12.6 Å². The molecule has 2 heterocycles. The minimum atomic E-state index is -0.0917. The average Bonchev–Trinajstić information content (AvgIpc) is 2.86. The first-order valence-electron chi connectivity index (χ1n) is 5.22. The standard InChI is InChI=1S/C11H12BrN3O2S/c1-7(10-3-4-14-18-10)17-9-5-8(12)6-13-11(9)15-16-2/h3-7H,1-2H3,(H,13,15). The number of pyridine rings is 1. The van der Waals surface area contributed by atoms with Gasteiger partial charge < -0.3 is 4.74 Å². The normalized spacial score (nSPS) is 12.2. The van der Waals surface area contributed by atoms with E-state index in [-0.39, 0.29) is 6.10 Å². The molecule has 2 aromatic heterocycles. The lowest BCUT2D eigenvalue weighted by molar-refractivity contribution is 0.223. The molecule has 0 saturated carbocycles. The highest BCUT2D eigenvalue weighted by Crippen LogP contribution is 2.30. The van der Waals surface area contributed by atoms with Crippen LogP contribution in [0.1, 0.15) is 17.9 Å². The monoisotopic (exact) mass is 329 g/mol. The summed E-state index contributed by atoms with van der Waals surface area (Å²) in [4.78, 5) is 10.1. The van der Waals surface area contributed by atoms with E-state index >= 15 is 0 Å². The van der Waals surface area contributed by atoms with Gasteiger partial charge in [0.15, 0.2) is 11.6 Å². The third kappa shape index (κ3) is 3.18. The van der Waals surface area contributed by atoms with Crippen LogP contribution in [0.15, 0.2) is 29.0 Å². The number of rotatable bonds is 5. The molecule has 1 N–H and O–H groups in total. The Morgan fingerprint density at radius 2 is 2.33 bits per heavy atom. The van der Waals surface area contributed by atoms with Crippen LogP contribution < -0.4 is 10.2 Å². The number of nitrogens with one attached hydrogen (secondary N) is 1. The minimum Gasteiger partial charge on any atom is -0.481 e. The van der Waals surface area contributed by atoms with Crippen LogP contribution in [0.2, 0.25) is 0 Å². The van der Waals surface area contributed by atoms with Crippen molar-refractivity contribution in [1.29, 1.82) is 0 Å². The fraction of sp³-hybridized carbons (Fsp3) is 0.273. The van der Waals surface area contributed by atoms with Crippen LogP contribution in [-0.2, 0) is 4.84 Å². The van der Waals surface area contributed by atoms with Gasteiger partial charge in [0.25, 0.3) is 0 Å². The van der Waals surface area contributed by atoms with E-state index in [4.69, 9.17) is 9.57 Å². The number of ether oxygens (including phenoxy) is 1. The van der Waals surface area contributed by atoms with Crippen molar-refractivity contribution < 1.29 is 9.57 Å². The molecule has 2 rings (SSSR count). The van der Waals surface area contributed by atoms with Gasteiger partial charge in [-0.2, -0.15) is 0 Å². The molecule has 5 nitrogen and oxygen atoms in total. The van der Waals surface area contributed by atoms with E-state index in [1.54, 1.807) is 12.4 Å². The molecular formula is C11H12BrN3O2S. The van der Waals surface area contributed by atoms with Gasteiger partial charge in [-0.1, -0.05) is 0 Å². The van der Waals surface area contributed by atoms with Crippen molar-refractivity contribution in [1.82, 2.24) is 9.36 Å². The molecule has 1 unspecified atom stereocenters. The number of aromatic nitrogens is 2. The molecular weight excluding hydrogens is 318 g/mol. The Labute approximate surface area is 117 Å². The van der Waals surface area contributed by atoms with E-state index in [9.17, 15) is 0 Å². The van der Waals surface area contributed by atoms with Crippen molar-refractivity contribution in [3.8, 4) is 5.75 Å². The van der Waals surface area contributed by atoms with E-state index in [0.29, 0.717) is 11.6 Å². The predicted octanol–water partition coefficient (Wildman–Crippen LogP) is 3.41. The Bertz CT molecular complexity index is 507. The quantitative estimate of drug-likeness (QED) is 0.852. The highest BCUT2D eigenvalue weighted by Gasteiger charge is 2.13. The van der Waals surface area contributed by atoms with Gasteiger partial charge in [-0.3, -0.25) is 4.84 Å². The minimum absolute atomic E-state index is 0.0917. The first-order chi connectivity index (χ1) is 8.70. The summed E-state index contributed by atoms with van der Waals surface area (Å²) in [5, 5.41) is 0. The molecule has 0 aliphatic heterocycles. The van der Waals surface area contributed by atoms with Crippen LogP contribution in [0, 0.1) is 0 Å². The summed E-state index contributed by atoms with van der Waals surface area (Å²) in [6, 6.07) is 3.77. The zero-order valence-corrected chi connectivity index (χ0v) is 12.3. The lowest BCUT2D eigenvalue weighted by atomic mass is 10.3. The van der Waals surface area contributed by atoms with Gasteiger partial charge in [-0.15, -0.1) is 0 Å². The van der Waals surface area contributed by atoms with Crippen LogP contribution in [0.3, 0.4) is 0 Å². The van der Waals surface area contributed by atoms with Crippen LogP contribution in [0.25, 0.3) is 0 Å². The van der Waals surface area contributed by atoms with Gasteiger partial charge in [0.05, 0.1) is 12.0 Å². The second-order valence-electron chi connectivity index (χ2n) is 3.48. The number of hydrogen-bond acceptors (Lipinski definition) is 6. The lowest BCUT2D eigenvalue weighted by Gasteiger charge is -2.15. The van der Waals surface area contributed by atoms with Crippen LogP contribution in [-0.4, -0.2) is 16.5 Å². The molecule has 0 radical (unpaired) electrons. The average molecular weight is 330 g/mol. The summed E-state index contributed by atoms with van der Waals surface area (Å²) in [5.74, 6) is 1.16. The molecule has 7 heteroatoms. The molecule has 0 amide bonds. The highest BCUT2D eigenvalue weighted by molar-refractivity contribution is 9.10. The van der Waals surface area contributed by atoms with Gasteiger partial charge in [0, 0.05) is 16.9 Å². The Morgan fingerprint density at radius 1 is 1.50 bits per heavy atom. The van der Waals surface area contributed by atoms with Gasteiger partial charge >= 0.3 is 0 Å². The van der Waals surface area contributed by atoms with Gasteiger partial charge in [0.2, 0.25) is 0 Å². The zero-order chi connectivity index (χ0) is 13.0. The van der Waals surface area contributed by atoms with Crippen LogP contribution in [0.5, 0.6) is 5.75 Å². The fourth-order valence-corrected chi connectivity index (χ4v) is 2.24. The maximum Gasteiger partial charge on any atom is 0.192 e. The summed E-state index contributed by atoms with van der Waals surface area (Å²) in [6.45, 7) is 1.96. The van der Waals surface area contributed by atoms with Crippen LogP contribution >= 0.6 is 27.5 Å². The maximum atomic E-state index is 5.86. The van der Waals surface area contributed by atoms with E-state index in [1.807, 2.05) is 19.1 Å². The molecule has 1 atom stereocenters. The van der Waals surface area contributed by atoms with Crippen molar-refractivity contribution in [2.24, 2.45) is 0 Å². The highest BCUT2D eigenvalue weighted by atomic mass is 79.9. The second-order valence-corrected chi connectivity index (χ2v) is 5.26. The Kier molecular flexibility index (Phi) is 4.51. The Morgan fingerprint density at radius 3 is 3.00 bits per heavy atom. The summed E-state index contributed by atoms with van der Waals surface area (Å²) in [5.41, 5.74) is 2.68. The number of hydrogen-bond donors (Lipinski definition) is 1. The third-order valence-electron chi connectivity index (χ3n) is 2.18. The Balaban J connectivity index is 2.19. The SMILES string of the molecule is CONc1ncc(Br)cc1OC(C)c1ccns1. The van der Waals surface area contributed by atoms with Crippen molar-refractivity contribution >= 4 is 33.3 Å². The fourth-order valence-electron chi connectivity index (χ4n) is 1.37. The van der Waals surface area contributed by atoms with Crippen molar-refractivity contribution in [3.63, 3.8) is 0 Å². The van der Waals surface area contributed by atoms with Gasteiger partial charge in [-0.05, 0) is 46.5 Å². The molecule has 96 valence electrons. The van der Waals surface area contributed by atoms with Gasteiger partial charge in [0.1, 0.15) is 6.10 Å². The predicted molar refractivity (Wildman–Crippen MR) is 73.7 cm³/mol. The zero-order valence-electron chi connectivity index (χ0n) is 9.88. The molecule has 0 fully saturated rings. The van der Waals surface area contributed by atoms with Gasteiger partial charge in [-0.25, -0.2) is 14.8 Å². The number of anilines is 1. The molecule has 0 aromatic carbocycles.